The molecule has 0 saturated carbocycles. The van der Waals surface area contributed by atoms with E-state index in [4.69, 9.17) is 0 Å². The molecule has 242 valence electrons. The average molecular weight is 686 g/mol. The van der Waals surface area contributed by atoms with Gasteiger partial charge in [-0.05, 0) is 97.0 Å². The summed E-state index contributed by atoms with van der Waals surface area (Å²) in [5.74, 6) is 0. The van der Waals surface area contributed by atoms with Crippen molar-refractivity contribution in [3.63, 3.8) is 0 Å². The summed E-state index contributed by atoms with van der Waals surface area (Å²) in [6.07, 6.45) is 0. The zero-order valence-electron chi connectivity index (χ0n) is 28.6. The second kappa shape index (κ2) is 11.7. The molecule has 0 N–H and O–H groups in total. The Morgan fingerprint density at radius 3 is 1.96 bits per heavy atom. The quantitative estimate of drug-likeness (QED) is 0.163. The van der Waals surface area contributed by atoms with Gasteiger partial charge in [0.1, 0.15) is 8.07 Å². The van der Waals surface area contributed by atoms with E-state index in [2.05, 4.69) is 194 Å². The molecule has 0 saturated heterocycles. The van der Waals surface area contributed by atoms with Crippen molar-refractivity contribution >= 4 is 77.8 Å². The molecule has 0 spiro atoms. The number of fused-ring (bicyclic) bond motifs is 8. The third kappa shape index (κ3) is 4.80. The Balaban J connectivity index is 1.15. The second-order valence-corrected chi connectivity index (χ2v) is 19.5. The Morgan fingerprint density at radius 1 is 0.431 bits per heavy atom. The zero-order chi connectivity index (χ0) is 34.1. The maximum absolute atomic E-state index is 2.53. The lowest BCUT2D eigenvalue weighted by Crippen LogP contribution is -2.49. The predicted octanol–water partition coefficient (Wildman–Crippen LogP) is 12.8. The number of hydrogen-bond acceptors (Lipinski definition) is 2. The van der Waals surface area contributed by atoms with Crippen LogP contribution in [-0.2, 0) is 0 Å². The van der Waals surface area contributed by atoms with E-state index in [1.165, 1.54) is 75.2 Å². The van der Waals surface area contributed by atoms with Crippen LogP contribution in [0.2, 0.25) is 13.1 Å². The van der Waals surface area contributed by atoms with Gasteiger partial charge in [-0.3, -0.25) is 0 Å². The lowest BCUT2D eigenvalue weighted by atomic mass is 9.97. The van der Waals surface area contributed by atoms with E-state index in [0.29, 0.717) is 0 Å². The lowest BCUT2D eigenvalue weighted by Gasteiger charge is -2.28. The first-order valence-electron chi connectivity index (χ1n) is 17.7. The van der Waals surface area contributed by atoms with E-state index < -0.39 is 8.07 Å². The molecule has 0 bridgehead atoms. The fraction of sp³-hybridized carbons (Fsp3) is 0.0417. The highest BCUT2D eigenvalue weighted by molar-refractivity contribution is 7.26. The highest BCUT2D eigenvalue weighted by Crippen LogP contribution is 2.44. The summed E-state index contributed by atoms with van der Waals surface area (Å²) in [5.41, 5.74) is 11.3. The Bertz CT molecular complexity index is 2770. The number of thiophene rings is 1. The van der Waals surface area contributed by atoms with Crippen molar-refractivity contribution < 1.29 is 0 Å². The van der Waals surface area contributed by atoms with Gasteiger partial charge in [-0.15, -0.1) is 11.3 Å². The molecule has 0 atom stereocenters. The zero-order valence-corrected chi connectivity index (χ0v) is 30.4. The first kappa shape index (κ1) is 30.1. The molecular weight excluding hydrogens is 651 g/mol. The molecule has 8 aromatic carbocycles. The van der Waals surface area contributed by atoms with Crippen molar-refractivity contribution in [3.8, 4) is 33.4 Å². The summed E-state index contributed by atoms with van der Waals surface area (Å²) in [6.45, 7) is 5.06. The number of hydrogen-bond donors (Lipinski definition) is 0. The largest absolute Gasteiger partial charge is 0.310 e. The fourth-order valence-electron chi connectivity index (χ4n) is 8.30. The molecule has 1 aliphatic heterocycles. The SMILES string of the molecule is C[Si]1(C)c2cc(N(c3ccc(-c4ccccc4)cc3)c3cccc(-c4cccc5ccccc45)c3)ccc2-c2c1ccc1c2sc2ccccc21. The molecule has 0 fully saturated rings. The molecule has 0 amide bonds. The van der Waals surface area contributed by atoms with Crippen LogP contribution in [0.4, 0.5) is 17.1 Å². The topological polar surface area (TPSA) is 3.24 Å². The van der Waals surface area contributed by atoms with E-state index in [1.807, 2.05) is 11.3 Å². The van der Waals surface area contributed by atoms with Crippen LogP contribution in [0.25, 0.3) is 64.3 Å². The van der Waals surface area contributed by atoms with Crippen molar-refractivity contribution in [3.05, 3.63) is 176 Å². The number of rotatable bonds is 5. The summed E-state index contributed by atoms with van der Waals surface area (Å²) >= 11 is 1.95. The van der Waals surface area contributed by atoms with E-state index in [0.717, 1.165) is 11.4 Å². The van der Waals surface area contributed by atoms with Crippen LogP contribution in [0.5, 0.6) is 0 Å². The normalized spacial score (nSPS) is 13.1. The predicted molar refractivity (Wildman–Crippen MR) is 225 cm³/mol. The van der Waals surface area contributed by atoms with Crippen LogP contribution in [0.1, 0.15) is 0 Å². The van der Waals surface area contributed by atoms with Gasteiger partial charge in [0.15, 0.2) is 0 Å². The number of benzene rings is 8. The summed E-state index contributed by atoms with van der Waals surface area (Å²) in [6, 6.07) is 65.0. The van der Waals surface area contributed by atoms with Crippen LogP contribution >= 0.6 is 11.3 Å². The Hall–Kier alpha value is -5.74. The van der Waals surface area contributed by atoms with Crippen LogP contribution in [0, 0.1) is 0 Å². The van der Waals surface area contributed by atoms with Crippen molar-refractivity contribution in [2.45, 2.75) is 13.1 Å². The standard InChI is InChI=1S/C48H35NSSi/c1-51(2)45-29-28-42-41-19-8-9-21-44(41)50-48(42)47(45)43-27-26-38(31-46(43)51)49(36-24-22-33(23-25-36)32-12-4-3-5-13-32)37-17-10-16-35(30-37)40-20-11-15-34-14-6-7-18-39(34)40/h3-31H,1-2H3. The smallest absolute Gasteiger partial charge is 0.114 e. The highest BCUT2D eigenvalue weighted by Gasteiger charge is 2.39. The van der Waals surface area contributed by atoms with Gasteiger partial charge in [-0.25, -0.2) is 0 Å². The van der Waals surface area contributed by atoms with Crippen LogP contribution < -0.4 is 15.3 Å². The first-order chi connectivity index (χ1) is 25.0. The van der Waals surface area contributed by atoms with Gasteiger partial charge in [0.25, 0.3) is 0 Å². The summed E-state index contributed by atoms with van der Waals surface area (Å²) in [5, 5.41) is 8.32. The molecule has 0 aliphatic carbocycles. The number of nitrogens with zero attached hydrogens (tertiary/aromatic N) is 1. The van der Waals surface area contributed by atoms with Gasteiger partial charge < -0.3 is 4.90 Å². The van der Waals surface area contributed by atoms with Crippen molar-refractivity contribution in [1.82, 2.24) is 0 Å². The fourth-order valence-corrected chi connectivity index (χ4v) is 12.7. The minimum atomic E-state index is -1.99. The molecule has 0 radical (unpaired) electrons. The van der Waals surface area contributed by atoms with Crippen molar-refractivity contribution in [2.24, 2.45) is 0 Å². The minimum absolute atomic E-state index is 1.14. The van der Waals surface area contributed by atoms with Gasteiger partial charge >= 0.3 is 0 Å². The van der Waals surface area contributed by atoms with Crippen LogP contribution in [-0.4, -0.2) is 8.07 Å². The van der Waals surface area contributed by atoms with Crippen LogP contribution in [0.15, 0.2) is 176 Å². The number of anilines is 3. The molecular formula is C48H35NSSi. The van der Waals surface area contributed by atoms with Gasteiger partial charge in [0, 0.05) is 37.2 Å². The van der Waals surface area contributed by atoms with E-state index in [1.54, 1.807) is 5.19 Å². The summed E-state index contributed by atoms with van der Waals surface area (Å²) in [7, 11) is -1.99. The maximum atomic E-state index is 2.53. The monoisotopic (exact) mass is 685 g/mol. The molecule has 2 heterocycles. The molecule has 51 heavy (non-hydrogen) atoms. The first-order valence-corrected chi connectivity index (χ1v) is 21.5. The van der Waals surface area contributed by atoms with Crippen molar-refractivity contribution in [2.75, 3.05) is 4.90 Å². The van der Waals surface area contributed by atoms with E-state index >= 15 is 0 Å². The minimum Gasteiger partial charge on any atom is -0.310 e. The average Bonchev–Trinajstić information content (AvgIpc) is 3.67. The summed E-state index contributed by atoms with van der Waals surface area (Å²) < 4.78 is 2.79. The Labute approximate surface area is 303 Å². The Kier molecular flexibility index (Phi) is 6.89. The lowest BCUT2D eigenvalue weighted by molar-refractivity contribution is 1.29. The Morgan fingerprint density at radius 2 is 1.10 bits per heavy atom. The summed E-state index contributed by atoms with van der Waals surface area (Å²) in [4.78, 5) is 2.45. The molecule has 1 nitrogen and oxygen atoms in total. The molecule has 3 heteroatoms. The van der Waals surface area contributed by atoms with Gasteiger partial charge in [0.05, 0.1) is 0 Å². The molecule has 1 aliphatic rings. The van der Waals surface area contributed by atoms with Gasteiger partial charge in [-0.2, -0.15) is 0 Å². The van der Waals surface area contributed by atoms with Gasteiger partial charge in [-0.1, -0.05) is 147 Å². The highest BCUT2D eigenvalue weighted by atomic mass is 32.1. The molecule has 0 unspecified atom stereocenters. The van der Waals surface area contributed by atoms with Crippen molar-refractivity contribution in [1.29, 1.82) is 0 Å². The molecule has 1 aromatic heterocycles. The molecule has 10 rings (SSSR count). The second-order valence-electron chi connectivity index (χ2n) is 14.1. The third-order valence-electron chi connectivity index (χ3n) is 10.9. The van der Waals surface area contributed by atoms with E-state index in [-0.39, 0.29) is 0 Å². The van der Waals surface area contributed by atoms with Crippen LogP contribution in [0.3, 0.4) is 0 Å². The van der Waals surface area contributed by atoms with Gasteiger partial charge in [0.2, 0.25) is 0 Å². The van der Waals surface area contributed by atoms with E-state index in [9.17, 15) is 0 Å². The third-order valence-corrected chi connectivity index (χ3v) is 15.6. The maximum Gasteiger partial charge on any atom is 0.114 e. The molecule has 9 aromatic rings.